The molecule has 0 fully saturated rings. The first-order valence-electron chi connectivity index (χ1n) is 7.42. The lowest BCUT2D eigenvalue weighted by Crippen LogP contribution is -2.01. The Bertz CT molecular complexity index is 723. The molecule has 0 atom stereocenters. The molecule has 2 heteroatoms. The number of aryl methyl sites for hydroxylation is 1. The van der Waals surface area contributed by atoms with Crippen LogP contribution in [0.5, 0.6) is 11.5 Å². The van der Waals surface area contributed by atoms with Crippen molar-refractivity contribution >= 4 is 5.69 Å². The first kappa shape index (κ1) is 14.2. The van der Waals surface area contributed by atoms with E-state index in [0.29, 0.717) is 0 Å². The van der Waals surface area contributed by atoms with Gasteiger partial charge in [0.2, 0.25) is 0 Å². The SMILES string of the molecule is Cc1ccc(Oc2ccccc2)cc1CNc1ccccc1. The van der Waals surface area contributed by atoms with Gasteiger partial charge in [-0.25, -0.2) is 0 Å². The molecule has 0 unspecified atom stereocenters. The molecule has 0 aromatic heterocycles. The topological polar surface area (TPSA) is 21.3 Å². The molecule has 0 aliphatic rings. The Labute approximate surface area is 131 Å². The van der Waals surface area contributed by atoms with Gasteiger partial charge in [-0.2, -0.15) is 0 Å². The highest BCUT2D eigenvalue weighted by molar-refractivity contribution is 5.45. The van der Waals surface area contributed by atoms with Crippen LogP contribution in [0.15, 0.2) is 78.9 Å². The van der Waals surface area contributed by atoms with Crippen LogP contribution in [0.3, 0.4) is 0 Å². The second kappa shape index (κ2) is 6.81. The first-order chi connectivity index (χ1) is 10.8. The Hall–Kier alpha value is -2.74. The summed E-state index contributed by atoms with van der Waals surface area (Å²) in [6.07, 6.45) is 0. The van der Waals surface area contributed by atoms with E-state index in [1.165, 1.54) is 11.1 Å². The van der Waals surface area contributed by atoms with Crippen molar-refractivity contribution in [3.63, 3.8) is 0 Å². The summed E-state index contributed by atoms with van der Waals surface area (Å²) >= 11 is 0. The van der Waals surface area contributed by atoms with Crippen LogP contribution in [-0.4, -0.2) is 0 Å². The van der Waals surface area contributed by atoms with E-state index < -0.39 is 0 Å². The van der Waals surface area contributed by atoms with Crippen molar-refractivity contribution in [3.05, 3.63) is 90.0 Å². The highest BCUT2D eigenvalue weighted by Gasteiger charge is 2.03. The van der Waals surface area contributed by atoms with E-state index in [1.807, 2.05) is 54.6 Å². The molecule has 0 spiro atoms. The minimum absolute atomic E-state index is 0.780. The molecule has 0 amide bonds. The molecule has 110 valence electrons. The van der Waals surface area contributed by atoms with Gasteiger partial charge in [-0.1, -0.05) is 42.5 Å². The van der Waals surface area contributed by atoms with Gasteiger partial charge in [0, 0.05) is 12.2 Å². The van der Waals surface area contributed by atoms with E-state index in [0.717, 1.165) is 23.7 Å². The normalized spacial score (nSPS) is 10.2. The molecule has 0 saturated heterocycles. The smallest absolute Gasteiger partial charge is 0.127 e. The molecule has 22 heavy (non-hydrogen) atoms. The number of nitrogens with one attached hydrogen (secondary N) is 1. The summed E-state index contributed by atoms with van der Waals surface area (Å²) in [6.45, 7) is 2.90. The van der Waals surface area contributed by atoms with Crippen molar-refractivity contribution in [1.29, 1.82) is 0 Å². The minimum Gasteiger partial charge on any atom is -0.457 e. The van der Waals surface area contributed by atoms with Crippen LogP contribution in [-0.2, 0) is 6.54 Å². The number of hydrogen-bond donors (Lipinski definition) is 1. The van der Waals surface area contributed by atoms with Crippen molar-refractivity contribution < 1.29 is 4.74 Å². The van der Waals surface area contributed by atoms with Crippen LogP contribution in [0.2, 0.25) is 0 Å². The molecule has 0 aliphatic heterocycles. The minimum atomic E-state index is 0.780. The van der Waals surface area contributed by atoms with E-state index in [-0.39, 0.29) is 0 Å². The van der Waals surface area contributed by atoms with E-state index in [2.05, 4.69) is 36.5 Å². The van der Waals surface area contributed by atoms with Gasteiger partial charge in [0.25, 0.3) is 0 Å². The number of ether oxygens (including phenoxy) is 1. The summed E-state index contributed by atoms with van der Waals surface area (Å²) in [5.74, 6) is 1.72. The maximum atomic E-state index is 5.90. The lowest BCUT2D eigenvalue weighted by atomic mass is 10.1. The van der Waals surface area contributed by atoms with Gasteiger partial charge in [0.1, 0.15) is 11.5 Å². The molecular formula is C20H19NO. The van der Waals surface area contributed by atoms with Gasteiger partial charge >= 0.3 is 0 Å². The van der Waals surface area contributed by atoms with E-state index in [1.54, 1.807) is 0 Å². The molecule has 3 aromatic carbocycles. The Morgan fingerprint density at radius 2 is 1.45 bits per heavy atom. The van der Waals surface area contributed by atoms with Crippen LogP contribution >= 0.6 is 0 Å². The molecule has 0 radical (unpaired) electrons. The largest absolute Gasteiger partial charge is 0.457 e. The van der Waals surface area contributed by atoms with Crippen molar-refractivity contribution in [3.8, 4) is 11.5 Å². The van der Waals surface area contributed by atoms with Crippen LogP contribution in [0.25, 0.3) is 0 Å². The quantitative estimate of drug-likeness (QED) is 0.679. The summed E-state index contributed by atoms with van der Waals surface area (Å²) in [5, 5.41) is 3.44. The van der Waals surface area contributed by atoms with Gasteiger partial charge in [-0.05, 0) is 54.4 Å². The zero-order chi connectivity index (χ0) is 15.2. The first-order valence-corrected chi connectivity index (χ1v) is 7.42. The third-order valence-corrected chi connectivity index (χ3v) is 3.56. The predicted octanol–water partition coefficient (Wildman–Crippen LogP) is 5.40. The van der Waals surface area contributed by atoms with Crippen LogP contribution in [0.1, 0.15) is 11.1 Å². The van der Waals surface area contributed by atoms with Gasteiger partial charge in [-0.3, -0.25) is 0 Å². The van der Waals surface area contributed by atoms with Gasteiger partial charge in [-0.15, -0.1) is 0 Å². The summed E-state index contributed by atoms with van der Waals surface area (Å²) in [7, 11) is 0. The number of para-hydroxylation sites is 2. The summed E-state index contributed by atoms with van der Waals surface area (Å²) in [4.78, 5) is 0. The third-order valence-electron chi connectivity index (χ3n) is 3.56. The molecular weight excluding hydrogens is 270 g/mol. The summed E-state index contributed by atoms with van der Waals surface area (Å²) in [5.41, 5.74) is 3.61. The summed E-state index contributed by atoms with van der Waals surface area (Å²) in [6, 6.07) is 26.3. The lowest BCUT2D eigenvalue weighted by molar-refractivity contribution is 0.482. The molecule has 3 aromatic rings. The second-order valence-corrected chi connectivity index (χ2v) is 5.22. The van der Waals surface area contributed by atoms with E-state index in [4.69, 9.17) is 4.74 Å². The average molecular weight is 289 g/mol. The average Bonchev–Trinajstić information content (AvgIpc) is 2.57. The van der Waals surface area contributed by atoms with Crippen molar-refractivity contribution in [1.82, 2.24) is 0 Å². The second-order valence-electron chi connectivity index (χ2n) is 5.22. The van der Waals surface area contributed by atoms with Gasteiger partial charge in [0.15, 0.2) is 0 Å². The highest BCUT2D eigenvalue weighted by atomic mass is 16.5. The number of benzene rings is 3. The molecule has 1 N–H and O–H groups in total. The van der Waals surface area contributed by atoms with Gasteiger partial charge < -0.3 is 10.1 Å². The predicted molar refractivity (Wildman–Crippen MR) is 91.5 cm³/mol. The van der Waals surface area contributed by atoms with Crippen molar-refractivity contribution in [2.45, 2.75) is 13.5 Å². The molecule has 2 nitrogen and oxygen atoms in total. The van der Waals surface area contributed by atoms with Crippen LogP contribution in [0.4, 0.5) is 5.69 Å². The lowest BCUT2D eigenvalue weighted by Gasteiger charge is -2.12. The fraction of sp³-hybridized carbons (Fsp3) is 0.100. The maximum absolute atomic E-state index is 5.90. The number of rotatable bonds is 5. The fourth-order valence-corrected chi connectivity index (χ4v) is 2.28. The number of hydrogen-bond acceptors (Lipinski definition) is 2. The molecule has 3 rings (SSSR count). The highest BCUT2D eigenvalue weighted by Crippen LogP contribution is 2.24. The molecule has 0 saturated carbocycles. The van der Waals surface area contributed by atoms with Crippen LogP contribution < -0.4 is 10.1 Å². The zero-order valence-corrected chi connectivity index (χ0v) is 12.6. The molecule has 0 aliphatic carbocycles. The monoisotopic (exact) mass is 289 g/mol. The van der Waals surface area contributed by atoms with Crippen LogP contribution in [0, 0.1) is 6.92 Å². The molecule has 0 bridgehead atoms. The number of anilines is 1. The molecule has 0 heterocycles. The standard InChI is InChI=1S/C20H19NO/c1-16-12-13-20(22-19-10-6-3-7-11-19)14-17(16)15-21-18-8-4-2-5-9-18/h2-14,21H,15H2,1H3. The van der Waals surface area contributed by atoms with Crippen molar-refractivity contribution in [2.24, 2.45) is 0 Å². The van der Waals surface area contributed by atoms with E-state index in [9.17, 15) is 0 Å². The summed E-state index contributed by atoms with van der Waals surface area (Å²) < 4.78 is 5.90. The van der Waals surface area contributed by atoms with Gasteiger partial charge in [0.05, 0.1) is 0 Å². The Balaban J connectivity index is 1.72. The zero-order valence-electron chi connectivity index (χ0n) is 12.6. The Morgan fingerprint density at radius 3 is 2.18 bits per heavy atom. The Morgan fingerprint density at radius 1 is 0.773 bits per heavy atom. The fourth-order valence-electron chi connectivity index (χ4n) is 2.28. The third kappa shape index (κ3) is 3.67. The maximum Gasteiger partial charge on any atom is 0.127 e. The van der Waals surface area contributed by atoms with E-state index >= 15 is 0 Å². The van der Waals surface area contributed by atoms with Crippen molar-refractivity contribution in [2.75, 3.05) is 5.32 Å². The Kier molecular flexibility index (Phi) is 4.40.